The van der Waals surface area contributed by atoms with Gasteiger partial charge in [0, 0.05) is 6.42 Å². The molecule has 0 bridgehead atoms. The van der Waals surface area contributed by atoms with E-state index in [0.29, 0.717) is 12.2 Å². The summed E-state index contributed by atoms with van der Waals surface area (Å²) in [5, 5.41) is 6.43. The molecule has 1 aromatic carbocycles. The van der Waals surface area contributed by atoms with E-state index in [1.807, 2.05) is 37.3 Å². The third-order valence-electron chi connectivity index (χ3n) is 2.38. The molecule has 0 aliphatic rings. The zero-order chi connectivity index (χ0) is 14.4. The average molecular weight is 340 g/mol. The second-order valence-corrected chi connectivity index (χ2v) is 4.83. The monoisotopic (exact) mass is 339 g/mol. The van der Waals surface area contributed by atoms with Gasteiger partial charge in [-0.25, -0.2) is 4.79 Å². The molecule has 0 aliphatic heterocycles. The Bertz CT molecular complexity index is 559. The van der Waals surface area contributed by atoms with Gasteiger partial charge in [-0.3, -0.25) is 10.2 Å². The minimum atomic E-state index is -0.636. The van der Waals surface area contributed by atoms with Gasteiger partial charge in [0.1, 0.15) is 5.75 Å². The van der Waals surface area contributed by atoms with E-state index in [2.05, 4.69) is 26.3 Å². The predicted octanol–water partition coefficient (Wildman–Crippen LogP) is 2.60. The van der Waals surface area contributed by atoms with Crippen molar-refractivity contribution >= 4 is 22.0 Å². The highest BCUT2D eigenvalue weighted by Gasteiger charge is 2.14. The van der Waals surface area contributed by atoms with Crippen LogP contribution in [-0.2, 0) is 0 Å². The molecule has 0 spiro atoms. The van der Waals surface area contributed by atoms with Crippen molar-refractivity contribution in [2.45, 2.75) is 19.6 Å². The molecule has 20 heavy (non-hydrogen) atoms. The van der Waals surface area contributed by atoms with Gasteiger partial charge in [-0.05, 0) is 28.1 Å². The maximum atomic E-state index is 11.7. The first-order valence-electron chi connectivity index (χ1n) is 6.08. The van der Waals surface area contributed by atoms with E-state index in [-0.39, 0.29) is 0 Å². The van der Waals surface area contributed by atoms with Gasteiger partial charge >= 0.3 is 6.09 Å². The Morgan fingerprint density at radius 2 is 2.20 bits per heavy atom. The van der Waals surface area contributed by atoms with E-state index in [1.54, 1.807) is 0 Å². The molecule has 1 heterocycles. The molecule has 0 aliphatic carbocycles. The number of aromatic nitrogens is 2. The number of nitrogens with zero attached hydrogens (tertiary/aromatic N) is 2. The molecular formula is C13H14BrN3O3. The number of carbonyl (C=O) groups is 1. The van der Waals surface area contributed by atoms with Crippen molar-refractivity contribution in [3.8, 4) is 5.75 Å². The molecule has 2 rings (SSSR count). The molecule has 6 nitrogen and oxygen atoms in total. The summed E-state index contributed by atoms with van der Waals surface area (Å²) in [6.07, 6.45) is 2.54. The van der Waals surface area contributed by atoms with Crippen molar-refractivity contribution in [3.05, 3.63) is 47.2 Å². The molecule has 1 N–H and O–H groups in total. The molecule has 1 aromatic heterocycles. The predicted molar refractivity (Wildman–Crippen MR) is 76.2 cm³/mol. The molecule has 1 amide bonds. The third kappa shape index (κ3) is 4.27. The number of rotatable bonds is 5. The standard InChI is InChI=1S/C13H14BrN3O3/c1-2-12(19-11-6-4-3-5-7-11)16-13(18)20-17-9-10(14)8-15-17/h3-9,12H,2H2,1H3,(H,16,18). The summed E-state index contributed by atoms with van der Waals surface area (Å²) in [5.41, 5.74) is 0. The number of nitrogens with one attached hydrogen (secondary N) is 1. The van der Waals surface area contributed by atoms with Crippen LogP contribution in [0, 0.1) is 0 Å². The summed E-state index contributed by atoms with van der Waals surface area (Å²) < 4.78 is 6.35. The molecule has 106 valence electrons. The highest BCUT2D eigenvalue weighted by Crippen LogP contribution is 2.11. The Morgan fingerprint density at radius 3 is 2.80 bits per heavy atom. The van der Waals surface area contributed by atoms with Crippen LogP contribution in [0.2, 0.25) is 0 Å². The minimum absolute atomic E-state index is 0.469. The van der Waals surface area contributed by atoms with Crippen LogP contribution < -0.4 is 14.9 Å². The minimum Gasteiger partial charge on any atom is -0.471 e. The second-order valence-electron chi connectivity index (χ2n) is 3.91. The van der Waals surface area contributed by atoms with Crippen molar-refractivity contribution in [1.82, 2.24) is 15.3 Å². The first kappa shape index (κ1) is 14.4. The number of para-hydroxylation sites is 1. The van der Waals surface area contributed by atoms with Gasteiger partial charge in [0.05, 0.1) is 16.9 Å². The lowest BCUT2D eigenvalue weighted by atomic mass is 10.3. The number of hydrogen-bond donors (Lipinski definition) is 1. The summed E-state index contributed by atoms with van der Waals surface area (Å²) >= 11 is 3.21. The van der Waals surface area contributed by atoms with Gasteiger partial charge in [0.15, 0.2) is 6.23 Å². The van der Waals surface area contributed by atoms with Gasteiger partial charge in [-0.1, -0.05) is 30.0 Å². The van der Waals surface area contributed by atoms with Crippen molar-refractivity contribution in [1.29, 1.82) is 0 Å². The number of carbonyl (C=O) groups excluding carboxylic acids is 1. The van der Waals surface area contributed by atoms with Crippen LogP contribution in [0.15, 0.2) is 47.2 Å². The second kappa shape index (κ2) is 6.95. The van der Waals surface area contributed by atoms with Crippen LogP contribution in [-0.4, -0.2) is 22.3 Å². The largest absolute Gasteiger partial charge is 0.471 e. The molecule has 7 heteroatoms. The van der Waals surface area contributed by atoms with Crippen LogP contribution in [0.25, 0.3) is 0 Å². The zero-order valence-corrected chi connectivity index (χ0v) is 12.4. The summed E-state index contributed by atoms with van der Waals surface area (Å²) in [6, 6.07) is 9.26. The maximum Gasteiger partial charge on any atom is 0.436 e. The summed E-state index contributed by atoms with van der Waals surface area (Å²) in [4.78, 5) is 17.7. The highest BCUT2D eigenvalue weighted by atomic mass is 79.9. The van der Waals surface area contributed by atoms with Crippen molar-refractivity contribution in [2.24, 2.45) is 0 Å². The van der Waals surface area contributed by atoms with Gasteiger partial charge in [0.2, 0.25) is 0 Å². The quantitative estimate of drug-likeness (QED) is 0.850. The smallest absolute Gasteiger partial charge is 0.436 e. The van der Waals surface area contributed by atoms with Gasteiger partial charge in [-0.15, -0.1) is 5.10 Å². The summed E-state index contributed by atoms with van der Waals surface area (Å²) in [5.74, 6) is 0.682. The number of benzene rings is 1. The molecule has 0 saturated carbocycles. The lowest BCUT2D eigenvalue weighted by Crippen LogP contribution is -2.42. The topological polar surface area (TPSA) is 65.4 Å². The molecule has 0 fully saturated rings. The fourth-order valence-corrected chi connectivity index (χ4v) is 1.72. The first-order valence-corrected chi connectivity index (χ1v) is 6.87. The lowest BCUT2D eigenvalue weighted by Gasteiger charge is -2.18. The van der Waals surface area contributed by atoms with E-state index in [0.717, 1.165) is 9.32 Å². The van der Waals surface area contributed by atoms with Crippen LogP contribution >= 0.6 is 15.9 Å². The Labute approximate surface area is 124 Å². The normalized spacial score (nSPS) is 11.7. The number of halogens is 1. The summed E-state index contributed by atoms with van der Waals surface area (Å²) in [6.45, 7) is 1.90. The van der Waals surface area contributed by atoms with E-state index in [4.69, 9.17) is 9.57 Å². The van der Waals surface area contributed by atoms with Gasteiger partial charge in [0.25, 0.3) is 0 Å². The van der Waals surface area contributed by atoms with Crippen LogP contribution in [0.3, 0.4) is 0 Å². The Kier molecular flexibility index (Phi) is 5.00. The Balaban J connectivity index is 1.88. The van der Waals surface area contributed by atoms with Crippen LogP contribution in [0.5, 0.6) is 5.75 Å². The van der Waals surface area contributed by atoms with Crippen molar-refractivity contribution < 1.29 is 14.4 Å². The molecule has 2 aromatic rings. The average Bonchev–Trinajstić information content (AvgIpc) is 2.84. The zero-order valence-electron chi connectivity index (χ0n) is 10.8. The Morgan fingerprint density at radius 1 is 1.45 bits per heavy atom. The van der Waals surface area contributed by atoms with Crippen molar-refractivity contribution in [3.63, 3.8) is 0 Å². The molecule has 0 saturated heterocycles. The third-order valence-corrected chi connectivity index (χ3v) is 2.79. The first-order chi connectivity index (χ1) is 9.67. The molecule has 1 unspecified atom stereocenters. The fourth-order valence-electron chi connectivity index (χ4n) is 1.46. The highest BCUT2D eigenvalue weighted by molar-refractivity contribution is 9.10. The summed E-state index contributed by atoms with van der Waals surface area (Å²) in [7, 11) is 0. The number of ether oxygens (including phenoxy) is 1. The van der Waals surface area contributed by atoms with Gasteiger partial charge < -0.3 is 4.74 Å². The van der Waals surface area contributed by atoms with Crippen LogP contribution in [0.4, 0.5) is 4.79 Å². The van der Waals surface area contributed by atoms with E-state index < -0.39 is 12.3 Å². The molecule has 1 atom stereocenters. The number of hydrogen-bond acceptors (Lipinski definition) is 4. The van der Waals surface area contributed by atoms with Crippen molar-refractivity contribution in [2.75, 3.05) is 0 Å². The fraction of sp³-hybridized carbons (Fsp3) is 0.231. The van der Waals surface area contributed by atoms with E-state index >= 15 is 0 Å². The molecular weight excluding hydrogens is 326 g/mol. The molecule has 0 radical (unpaired) electrons. The number of amides is 1. The Hall–Kier alpha value is -2.02. The van der Waals surface area contributed by atoms with E-state index in [1.165, 1.54) is 12.4 Å². The SMILES string of the molecule is CCC(NC(=O)On1cc(Br)cn1)Oc1ccccc1. The maximum absolute atomic E-state index is 11.7. The van der Waals surface area contributed by atoms with Gasteiger partial charge in [-0.2, -0.15) is 0 Å². The van der Waals surface area contributed by atoms with Crippen LogP contribution in [0.1, 0.15) is 13.3 Å². The lowest BCUT2D eigenvalue weighted by molar-refractivity contribution is 0.0890. The van der Waals surface area contributed by atoms with E-state index in [9.17, 15) is 4.79 Å².